The molecule has 3 rings (SSSR count). The fourth-order valence-corrected chi connectivity index (χ4v) is 2.44. The number of halogens is 1. The van der Waals surface area contributed by atoms with Gasteiger partial charge in [-0.15, -0.1) is 0 Å². The maximum absolute atomic E-state index is 13.7. The van der Waals surface area contributed by atoms with Gasteiger partial charge in [-0.05, 0) is 18.6 Å². The van der Waals surface area contributed by atoms with Crippen molar-refractivity contribution in [2.45, 2.75) is 19.8 Å². The van der Waals surface area contributed by atoms with Gasteiger partial charge in [-0.25, -0.2) is 9.37 Å². The summed E-state index contributed by atoms with van der Waals surface area (Å²) in [6.45, 7) is 1.98. The number of aromatic amines is 1. The molecule has 9 heteroatoms. The number of ether oxygens (including phenoxy) is 1. The molecule has 25 heavy (non-hydrogen) atoms. The zero-order valence-electron chi connectivity index (χ0n) is 13.7. The highest BCUT2D eigenvalue weighted by Gasteiger charge is 2.17. The summed E-state index contributed by atoms with van der Waals surface area (Å²) in [6, 6.07) is 5.42. The second-order valence-electron chi connectivity index (χ2n) is 5.32. The molecule has 130 valence electrons. The highest BCUT2D eigenvalue weighted by Crippen LogP contribution is 2.22. The first-order chi connectivity index (χ1) is 12.0. The lowest BCUT2D eigenvalue weighted by Crippen LogP contribution is -2.17. The number of rotatable bonds is 5. The molecule has 0 saturated carbocycles. The van der Waals surface area contributed by atoms with Gasteiger partial charge in [0.2, 0.25) is 5.95 Å². The van der Waals surface area contributed by atoms with Gasteiger partial charge < -0.3 is 4.74 Å². The van der Waals surface area contributed by atoms with Crippen LogP contribution in [0.3, 0.4) is 0 Å². The molecule has 0 saturated heterocycles. The number of methoxy groups -OCH3 is 1. The summed E-state index contributed by atoms with van der Waals surface area (Å²) in [4.78, 5) is 32.8. The van der Waals surface area contributed by atoms with E-state index in [9.17, 15) is 14.0 Å². The number of H-pyrrole nitrogens is 1. The Kier molecular flexibility index (Phi) is 4.46. The number of hydrogen-bond acceptors (Lipinski definition) is 5. The monoisotopic (exact) mass is 345 g/mol. The fraction of sp³-hybridized carbons (Fsp3) is 0.250. The van der Waals surface area contributed by atoms with Crippen molar-refractivity contribution in [1.29, 1.82) is 0 Å². The average Bonchev–Trinajstić information content (AvgIpc) is 2.98. The normalized spacial score (nSPS) is 10.8. The minimum Gasteiger partial charge on any atom is -0.493 e. The van der Waals surface area contributed by atoms with Crippen molar-refractivity contribution >= 4 is 17.6 Å². The smallest absolute Gasteiger partial charge is 0.274 e. The van der Waals surface area contributed by atoms with Crippen molar-refractivity contribution < 1.29 is 13.9 Å². The molecule has 0 aliphatic rings. The lowest BCUT2D eigenvalue weighted by Gasteiger charge is -2.08. The van der Waals surface area contributed by atoms with Gasteiger partial charge in [-0.1, -0.05) is 19.4 Å². The van der Waals surface area contributed by atoms with E-state index in [2.05, 4.69) is 20.4 Å². The number of nitrogens with zero attached hydrogens (tertiary/aromatic N) is 3. The number of benzene rings is 1. The van der Waals surface area contributed by atoms with Crippen molar-refractivity contribution in [3.8, 4) is 5.75 Å². The maximum Gasteiger partial charge on any atom is 0.274 e. The summed E-state index contributed by atoms with van der Waals surface area (Å²) in [7, 11) is 1.27. The summed E-state index contributed by atoms with van der Waals surface area (Å²) < 4.78 is 19.7. The predicted molar refractivity (Wildman–Crippen MR) is 88.5 cm³/mol. The first kappa shape index (κ1) is 16.6. The van der Waals surface area contributed by atoms with E-state index in [0.29, 0.717) is 12.1 Å². The number of anilines is 1. The first-order valence-corrected chi connectivity index (χ1v) is 7.66. The molecule has 8 nitrogen and oxygen atoms in total. The van der Waals surface area contributed by atoms with Crippen LogP contribution in [0.5, 0.6) is 5.75 Å². The third-order valence-electron chi connectivity index (χ3n) is 3.54. The van der Waals surface area contributed by atoms with Crippen molar-refractivity contribution in [3.63, 3.8) is 0 Å². The van der Waals surface area contributed by atoms with Gasteiger partial charge in [0, 0.05) is 6.07 Å². The zero-order valence-corrected chi connectivity index (χ0v) is 13.7. The topological polar surface area (TPSA) is 101 Å². The molecular formula is C16H16FN5O3. The number of para-hydroxylation sites is 1. The number of hydrogen-bond donors (Lipinski definition) is 2. The molecule has 0 fully saturated rings. The lowest BCUT2D eigenvalue weighted by atomic mass is 10.2. The van der Waals surface area contributed by atoms with Crippen LogP contribution in [0.2, 0.25) is 0 Å². The van der Waals surface area contributed by atoms with Crippen LogP contribution in [-0.2, 0) is 6.42 Å². The third-order valence-corrected chi connectivity index (χ3v) is 3.54. The molecule has 0 aliphatic heterocycles. The quantitative estimate of drug-likeness (QED) is 0.734. The van der Waals surface area contributed by atoms with Gasteiger partial charge in [0.05, 0.1) is 18.4 Å². The molecule has 0 atom stereocenters. The number of carbonyl (C=O) groups is 1. The molecule has 1 amide bonds. The van der Waals surface area contributed by atoms with Crippen LogP contribution >= 0.6 is 0 Å². The molecule has 0 aliphatic carbocycles. The molecule has 2 heterocycles. The Morgan fingerprint density at radius 3 is 2.92 bits per heavy atom. The molecule has 0 radical (unpaired) electrons. The van der Waals surface area contributed by atoms with E-state index in [1.165, 1.54) is 31.4 Å². The first-order valence-electron chi connectivity index (χ1n) is 7.66. The van der Waals surface area contributed by atoms with Gasteiger partial charge >= 0.3 is 0 Å². The van der Waals surface area contributed by atoms with Gasteiger partial charge in [-0.2, -0.15) is 9.50 Å². The van der Waals surface area contributed by atoms with Gasteiger partial charge in [0.25, 0.3) is 17.2 Å². The maximum atomic E-state index is 13.7. The van der Waals surface area contributed by atoms with E-state index in [1.807, 2.05) is 6.92 Å². The number of nitrogens with one attached hydrogen (secondary N) is 2. The highest BCUT2D eigenvalue weighted by atomic mass is 19.1. The molecule has 0 unspecified atom stereocenters. The Morgan fingerprint density at radius 2 is 2.20 bits per heavy atom. The minimum atomic E-state index is -0.651. The van der Waals surface area contributed by atoms with E-state index in [0.717, 1.165) is 10.9 Å². The van der Waals surface area contributed by atoms with Gasteiger partial charge in [-0.3, -0.25) is 20.0 Å². The number of fused-ring (bicyclic) bond motifs is 1. The van der Waals surface area contributed by atoms with E-state index in [1.54, 1.807) is 0 Å². The molecule has 1 aromatic carbocycles. The largest absolute Gasteiger partial charge is 0.493 e. The standard InChI is InChI=1S/C16H16FN5O3/c1-3-5-9-8-12(23)22-16(18-9)20-15(21-22)19-14(24)10-6-4-7-11(17)13(10)25-2/h4,6-8H,3,5H2,1-2H3,(H2,18,19,20,21,24). The van der Waals surface area contributed by atoms with Crippen molar-refractivity contribution in [3.05, 3.63) is 51.7 Å². The fourth-order valence-electron chi connectivity index (χ4n) is 2.44. The van der Waals surface area contributed by atoms with Crippen molar-refractivity contribution in [2.24, 2.45) is 0 Å². The summed E-state index contributed by atoms with van der Waals surface area (Å²) in [5, 5.41) is 5.13. The molecular weight excluding hydrogens is 329 g/mol. The lowest BCUT2D eigenvalue weighted by molar-refractivity contribution is 0.102. The van der Waals surface area contributed by atoms with Crippen molar-refractivity contribution in [1.82, 2.24) is 19.6 Å². The van der Waals surface area contributed by atoms with Crippen molar-refractivity contribution in [2.75, 3.05) is 12.4 Å². The Bertz CT molecular complexity index is 995. The Balaban J connectivity index is 1.93. The molecule has 3 aromatic rings. The SMILES string of the molecule is CCCc1cc(=O)n2[nH]c(NC(=O)c3cccc(F)c3OC)nc2n1. The summed E-state index contributed by atoms with van der Waals surface area (Å²) >= 11 is 0. The highest BCUT2D eigenvalue weighted by molar-refractivity contribution is 6.05. The Morgan fingerprint density at radius 1 is 1.40 bits per heavy atom. The number of carbonyl (C=O) groups excluding carboxylic acids is 1. The zero-order chi connectivity index (χ0) is 18.0. The predicted octanol–water partition coefficient (Wildman–Crippen LogP) is 1.77. The third kappa shape index (κ3) is 3.21. The number of aromatic nitrogens is 4. The van der Waals surface area contributed by atoms with E-state index < -0.39 is 11.7 Å². The minimum absolute atomic E-state index is 0.00920. The summed E-state index contributed by atoms with van der Waals surface area (Å²) in [5.74, 6) is -1.28. The van der Waals surface area contributed by atoms with Crippen LogP contribution in [0.15, 0.2) is 29.1 Å². The Hall–Kier alpha value is -3.23. The van der Waals surface area contributed by atoms with Gasteiger partial charge in [0.1, 0.15) is 0 Å². The molecule has 0 spiro atoms. The molecule has 2 aromatic heterocycles. The molecule has 0 bridgehead atoms. The van der Waals surface area contributed by atoms with E-state index >= 15 is 0 Å². The van der Waals surface area contributed by atoms with Crippen LogP contribution in [-0.4, -0.2) is 32.6 Å². The van der Waals surface area contributed by atoms with Crippen LogP contribution in [0.1, 0.15) is 29.4 Å². The second kappa shape index (κ2) is 6.71. The van der Waals surface area contributed by atoms with Crippen LogP contribution in [0, 0.1) is 5.82 Å². The number of amides is 1. The number of aryl methyl sites for hydroxylation is 1. The van der Waals surface area contributed by atoms with Gasteiger partial charge in [0.15, 0.2) is 11.6 Å². The summed E-state index contributed by atoms with van der Waals surface area (Å²) in [5.41, 5.74) is 0.309. The average molecular weight is 345 g/mol. The van der Waals surface area contributed by atoms with Crippen LogP contribution in [0.4, 0.5) is 10.3 Å². The summed E-state index contributed by atoms with van der Waals surface area (Å²) in [6.07, 6.45) is 1.50. The van der Waals surface area contributed by atoms with Crippen LogP contribution < -0.4 is 15.6 Å². The van der Waals surface area contributed by atoms with Crippen LogP contribution in [0.25, 0.3) is 5.78 Å². The second-order valence-corrected chi connectivity index (χ2v) is 5.32. The Labute approximate surface area is 141 Å². The molecule has 2 N–H and O–H groups in total. The van der Waals surface area contributed by atoms with E-state index in [4.69, 9.17) is 4.74 Å². The van der Waals surface area contributed by atoms with E-state index in [-0.39, 0.29) is 28.6 Å².